The summed E-state index contributed by atoms with van der Waals surface area (Å²) < 4.78 is 0. The molecule has 1 aromatic heterocycles. The van der Waals surface area contributed by atoms with Crippen LogP contribution < -0.4 is 10.6 Å². The van der Waals surface area contributed by atoms with E-state index < -0.39 is 0 Å². The smallest absolute Gasteiger partial charge is 0.252 e. The molecule has 5 nitrogen and oxygen atoms in total. The first kappa shape index (κ1) is 20.3. The van der Waals surface area contributed by atoms with E-state index in [0.29, 0.717) is 16.3 Å². The number of nitrogens with zero attached hydrogens (tertiary/aromatic N) is 1. The van der Waals surface area contributed by atoms with Crippen LogP contribution in [0.15, 0.2) is 72.9 Å². The zero-order chi connectivity index (χ0) is 20.5. The fourth-order valence-electron chi connectivity index (χ4n) is 2.63. The summed E-state index contributed by atoms with van der Waals surface area (Å²) in [5.41, 5.74) is 2.88. The van der Waals surface area contributed by atoms with E-state index >= 15 is 0 Å². The molecule has 2 N–H and O–H groups in total. The average molecular weight is 406 g/mol. The van der Waals surface area contributed by atoms with Gasteiger partial charge < -0.3 is 10.6 Å². The molecule has 0 aliphatic carbocycles. The van der Waals surface area contributed by atoms with Crippen LogP contribution in [0.3, 0.4) is 0 Å². The highest BCUT2D eigenvalue weighted by Gasteiger charge is 2.10. The highest BCUT2D eigenvalue weighted by Crippen LogP contribution is 2.15. The molecular formula is C23H20ClN3O2. The van der Waals surface area contributed by atoms with Crippen molar-refractivity contribution < 1.29 is 9.59 Å². The van der Waals surface area contributed by atoms with Crippen molar-refractivity contribution in [1.29, 1.82) is 0 Å². The van der Waals surface area contributed by atoms with Gasteiger partial charge in [0.1, 0.15) is 0 Å². The molecule has 1 heterocycles. The second-order valence-corrected chi connectivity index (χ2v) is 6.65. The number of amides is 2. The van der Waals surface area contributed by atoms with Crippen molar-refractivity contribution in [3.05, 3.63) is 94.8 Å². The van der Waals surface area contributed by atoms with Crippen LogP contribution in [0.25, 0.3) is 12.2 Å². The van der Waals surface area contributed by atoms with Gasteiger partial charge in [0, 0.05) is 24.8 Å². The van der Waals surface area contributed by atoms with E-state index in [-0.39, 0.29) is 24.8 Å². The number of rotatable bonds is 7. The number of anilines is 1. The third-order valence-corrected chi connectivity index (χ3v) is 4.39. The maximum atomic E-state index is 12.2. The third kappa shape index (κ3) is 6.30. The topological polar surface area (TPSA) is 71.1 Å². The second-order valence-electron chi connectivity index (χ2n) is 6.25. The molecule has 6 heteroatoms. The van der Waals surface area contributed by atoms with Crippen LogP contribution in [-0.2, 0) is 4.79 Å². The van der Waals surface area contributed by atoms with Gasteiger partial charge in [-0.25, -0.2) is 0 Å². The second kappa shape index (κ2) is 10.2. The van der Waals surface area contributed by atoms with Crippen molar-refractivity contribution in [1.82, 2.24) is 10.3 Å². The van der Waals surface area contributed by atoms with Crippen molar-refractivity contribution in [2.24, 2.45) is 0 Å². The number of hydrogen-bond acceptors (Lipinski definition) is 3. The Morgan fingerprint density at radius 3 is 2.59 bits per heavy atom. The van der Waals surface area contributed by atoms with Gasteiger partial charge in [-0.15, -0.1) is 0 Å². The number of carbonyl (C=O) groups is 2. The molecule has 29 heavy (non-hydrogen) atoms. The number of benzene rings is 2. The number of halogens is 1. The zero-order valence-corrected chi connectivity index (χ0v) is 16.4. The van der Waals surface area contributed by atoms with Gasteiger partial charge in [-0.2, -0.15) is 0 Å². The number of aromatic nitrogens is 1. The predicted octanol–water partition coefficient (Wildman–Crippen LogP) is 4.66. The molecule has 3 rings (SSSR count). The molecule has 2 amide bonds. The Hall–Kier alpha value is -3.44. The minimum atomic E-state index is -0.301. The Labute approximate surface area is 174 Å². The van der Waals surface area contributed by atoms with Crippen LogP contribution in [0.4, 0.5) is 5.69 Å². The summed E-state index contributed by atoms with van der Waals surface area (Å²) in [6.07, 6.45) is 5.73. The Balaban J connectivity index is 1.50. The number of hydrogen-bond donors (Lipinski definition) is 2. The Bertz CT molecular complexity index is 1020. The Kier molecular flexibility index (Phi) is 7.14. The van der Waals surface area contributed by atoms with E-state index in [0.717, 1.165) is 11.3 Å². The molecule has 0 aliphatic rings. The number of nitrogens with one attached hydrogen (secondary N) is 2. The predicted molar refractivity (Wildman–Crippen MR) is 117 cm³/mol. The molecule has 146 valence electrons. The van der Waals surface area contributed by atoms with Crippen LogP contribution in [0.5, 0.6) is 0 Å². The summed E-state index contributed by atoms with van der Waals surface area (Å²) in [4.78, 5) is 28.5. The molecule has 0 bridgehead atoms. The van der Waals surface area contributed by atoms with E-state index in [1.807, 2.05) is 54.6 Å². The summed E-state index contributed by atoms with van der Waals surface area (Å²) in [6.45, 7) is 0.217. The van der Waals surface area contributed by atoms with Gasteiger partial charge in [0.25, 0.3) is 5.91 Å². The molecule has 3 aromatic rings. The first-order valence-electron chi connectivity index (χ1n) is 9.13. The average Bonchev–Trinajstić information content (AvgIpc) is 2.73. The van der Waals surface area contributed by atoms with E-state index in [2.05, 4.69) is 15.6 Å². The first-order valence-corrected chi connectivity index (χ1v) is 9.51. The third-order valence-electron chi connectivity index (χ3n) is 4.06. The monoisotopic (exact) mass is 405 g/mol. The van der Waals surface area contributed by atoms with Crippen LogP contribution in [0.1, 0.15) is 28.0 Å². The summed E-state index contributed by atoms with van der Waals surface area (Å²) in [5.74, 6) is -0.486. The van der Waals surface area contributed by atoms with E-state index in [4.69, 9.17) is 11.6 Å². The molecule has 0 saturated heterocycles. The van der Waals surface area contributed by atoms with E-state index in [1.54, 1.807) is 30.5 Å². The SMILES string of the molecule is O=C(CCNC(=O)c1ccccc1Cl)Nc1cccc(C=Cc2ccccn2)c1. The lowest BCUT2D eigenvalue weighted by Crippen LogP contribution is -2.27. The van der Waals surface area contributed by atoms with Crippen molar-refractivity contribution >= 4 is 41.3 Å². The lowest BCUT2D eigenvalue weighted by Gasteiger charge is -2.08. The molecule has 0 atom stereocenters. The lowest BCUT2D eigenvalue weighted by atomic mass is 10.1. The first-order chi connectivity index (χ1) is 14.1. The summed E-state index contributed by atoms with van der Waals surface area (Å²) >= 11 is 6.00. The number of pyridine rings is 1. The fraction of sp³-hybridized carbons (Fsp3) is 0.0870. The van der Waals surface area contributed by atoms with Gasteiger partial charge in [-0.1, -0.05) is 48.0 Å². The quantitative estimate of drug-likeness (QED) is 0.600. The molecule has 0 spiro atoms. The fourth-order valence-corrected chi connectivity index (χ4v) is 2.85. The Morgan fingerprint density at radius 2 is 1.79 bits per heavy atom. The van der Waals surface area contributed by atoms with Crippen molar-refractivity contribution in [3.8, 4) is 0 Å². The standard InChI is InChI=1S/C23H20ClN3O2/c24-21-10-2-1-9-20(21)23(29)26-15-13-22(28)27-19-8-5-6-17(16-19)11-12-18-7-3-4-14-25-18/h1-12,14,16H,13,15H2,(H,26,29)(H,27,28). The van der Waals surface area contributed by atoms with Crippen LogP contribution >= 0.6 is 11.6 Å². The molecule has 0 radical (unpaired) electrons. The lowest BCUT2D eigenvalue weighted by molar-refractivity contribution is -0.116. The van der Waals surface area contributed by atoms with Crippen LogP contribution in [-0.4, -0.2) is 23.3 Å². The molecule has 0 unspecified atom stereocenters. The van der Waals surface area contributed by atoms with Crippen molar-refractivity contribution in [2.45, 2.75) is 6.42 Å². The normalized spacial score (nSPS) is 10.7. The maximum Gasteiger partial charge on any atom is 0.252 e. The van der Waals surface area contributed by atoms with Crippen molar-refractivity contribution in [3.63, 3.8) is 0 Å². The van der Waals surface area contributed by atoms with Crippen LogP contribution in [0.2, 0.25) is 5.02 Å². The summed E-state index contributed by atoms with van der Waals surface area (Å²) in [5, 5.41) is 5.92. The molecule has 2 aromatic carbocycles. The number of carbonyl (C=O) groups excluding carboxylic acids is 2. The largest absolute Gasteiger partial charge is 0.351 e. The van der Waals surface area contributed by atoms with E-state index in [1.165, 1.54) is 0 Å². The van der Waals surface area contributed by atoms with Gasteiger partial charge in [0.15, 0.2) is 0 Å². The zero-order valence-electron chi connectivity index (χ0n) is 15.6. The van der Waals surface area contributed by atoms with Gasteiger partial charge in [-0.05, 0) is 48.0 Å². The van der Waals surface area contributed by atoms with Gasteiger partial charge in [0.2, 0.25) is 5.91 Å². The minimum Gasteiger partial charge on any atom is -0.351 e. The molecular weight excluding hydrogens is 386 g/mol. The van der Waals surface area contributed by atoms with Crippen LogP contribution in [0, 0.1) is 0 Å². The highest BCUT2D eigenvalue weighted by molar-refractivity contribution is 6.33. The summed E-state index contributed by atoms with van der Waals surface area (Å²) in [6, 6.07) is 20.0. The summed E-state index contributed by atoms with van der Waals surface area (Å²) in [7, 11) is 0. The van der Waals surface area contributed by atoms with E-state index in [9.17, 15) is 9.59 Å². The van der Waals surface area contributed by atoms with Gasteiger partial charge >= 0.3 is 0 Å². The van der Waals surface area contributed by atoms with Gasteiger partial charge in [-0.3, -0.25) is 14.6 Å². The highest BCUT2D eigenvalue weighted by atomic mass is 35.5. The van der Waals surface area contributed by atoms with Crippen molar-refractivity contribution in [2.75, 3.05) is 11.9 Å². The molecule has 0 saturated carbocycles. The minimum absolute atomic E-state index is 0.157. The maximum absolute atomic E-state index is 12.2. The Morgan fingerprint density at radius 1 is 0.966 bits per heavy atom. The van der Waals surface area contributed by atoms with Gasteiger partial charge in [0.05, 0.1) is 16.3 Å². The molecule has 0 aliphatic heterocycles. The molecule has 0 fully saturated rings.